The highest BCUT2D eigenvalue weighted by Crippen LogP contribution is 2.43. The lowest BCUT2D eigenvalue weighted by molar-refractivity contribution is 0.00578. The lowest BCUT2D eigenvalue weighted by atomic mass is 9.70. The first kappa shape index (κ1) is 55.8. The topological polar surface area (TPSA) is 169 Å². The van der Waals surface area contributed by atoms with Crippen LogP contribution < -0.4 is 16.5 Å². The highest BCUT2D eigenvalue weighted by Gasteiger charge is 2.52. The Morgan fingerprint density at radius 3 is 1.59 bits per heavy atom. The van der Waals surface area contributed by atoms with Crippen molar-refractivity contribution in [3.63, 3.8) is 0 Å². The molecule has 11 rings (SSSR count). The number of hydrogen-bond donors (Lipinski definition) is 2. The molecule has 2 saturated carbocycles. The number of alkyl carbamates (subject to hydrolysis) is 1. The van der Waals surface area contributed by atoms with Crippen LogP contribution in [0.4, 0.5) is 4.79 Å². The van der Waals surface area contributed by atoms with Gasteiger partial charge >= 0.3 is 13.2 Å². The number of ether oxygens (including phenoxy) is 1. The molecule has 8 aromatic rings. The number of nitrogens with zero attached hydrogens (tertiary/aromatic N) is 8. The first-order valence-corrected chi connectivity index (χ1v) is 26.6. The number of benzene rings is 4. The van der Waals surface area contributed by atoms with Gasteiger partial charge in [-0.25, -0.2) is 18.8 Å². The lowest BCUT2D eigenvalue weighted by Gasteiger charge is -2.43. The van der Waals surface area contributed by atoms with Crippen LogP contribution >= 0.6 is 11.6 Å². The molecule has 398 valence electrons. The highest BCUT2D eigenvalue weighted by molar-refractivity contribution is 6.62. The van der Waals surface area contributed by atoms with Gasteiger partial charge in [0.1, 0.15) is 10.8 Å². The Labute approximate surface area is 454 Å². The van der Waals surface area contributed by atoms with E-state index in [1.165, 1.54) is 12.0 Å². The third-order valence-corrected chi connectivity index (χ3v) is 15.1. The van der Waals surface area contributed by atoms with Crippen molar-refractivity contribution < 1.29 is 18.8 Å². The number of halogens is 1. The first-order chi connectivity index (χ1) is 35.5. The van der Waals surface area contributed by atoms with Crippen molar-refractivity contribution in [2.45, 2.75) is 154 Å². The van der Waals surface area contributed by atoms with Gasteiger partial charge in [0, 0.05) is 46.5 Å². The van der Waals surface area contributed by atoms with E-state index in [1.807, 2.05) is 93.8 Å². The molecule has 0 unspecified atom stereocenters. The fourth-order valence-electron chi connectivity index (χ4n) is 9.26. The highest BCUT2D eigenvalue weighted by atomic mass is 35.5. The van der Waals surface area contributed by atoms with Crippen molar-refractivity contribution in [3.8, 4) is 33.5 Å². The Morgan fingerprint density at radius 1 is 0.658 bits per heavy atom. The molecule has 17 heteroatoms. The first-order valence-electron chi connectivity index (χ1n) is 26.2. The molecule has 5 heterocycles. The predicted octanol–water partition coefficient (Wildman–Crippen LogP) is 10.9. The number of nitrogens with two attached hydrogens (primary N) is 1. The van der Waals surface area contributed by atoms with Crippen molar-refractivity contribution in [3.05, 3.63) is 150 Å². The van der Waals surface area contributed by atoms with Gasteiger partial charge in [0.25, 0.3) is 11.6 Å². The molecule has 76 heavy (non-hydrogen) atoms. The Hall–Kier alpha value is -6.45. The maximum atomic E-state index is 12.3. The third kappa shape index (κ3) is 11.9. The number of amides is 1. The van der Waals surface area contributed by atoms with E-state index >= 15 is 0 Å². The molecule has 4 aromatic carbocycles. The summed E-state index contributed by atoms with van der Waals surface area (Å²) in [5.41, 5.74) is 14.1. The number of nitrogens with one attached hydrogen (secondary N) is 1. The fraction of sp³-hybridized carbons (Fsp3) is 0.407. The molecule has 4 aromatic heterocycles. The van der Waals surface area contributed by atoms with Crippen LogP contribution in [0.5, 0.6) is 0 Å². The average Bonchev–Trinajstić information content (AvgIpc) is 4.04. The SMILES string of the molecule is CC(C)(C)OC(=O)NC1(c2ccc(B3OC(C)(C)C(C)(C)O3)cc2)CCC1.CC(C)c1nc2nc(-c3ccc(C4(N)CCC4)cc3)c(-c3ccccc3)cn2n1.CC(C)c1nc2nc(Cl)c(-c3ccccc3)cn2n1.[BH4-]. The normalized spacial score (nSPS) is 16.9. The minimum atomic E-state index is -0.504. The van der Waals surface area contributed by atoms with E-state index in [0.29, 0.717) is 16.7 Å². The Balaban J connectivity index is 0.000000153. The molecule has 0 radical (unpaired) electrons. The van der Waals surface area contributed by atoms with E-state index in [-0.39, 0.29) is 55.7 Å². The summed E-state index contributed by atoms with van der Waals surface area (Å²) in [6.45, 7) is 22.1. The second kappa shape index (κ2) is 21.9. The summed E-state index contributed by atoms with van der Waals surface area (Å²) < 4.78 is 21.2. The van der Waals surface area contributed by atoms with E-state index in [0.717, 1.165) is 88.3 Å². The molecule has 1 saturated heterocycles. The molecule has 0 spiro atoms. The molecule has 0 bridgehead atoms. The Kier molecular flexibility index (Phi) is 16.1. The van der Waals surface area contributed by atoms with Gasteiger partial charge in [-0.3, -0.25) is 0 Å². The largest absolute Gasteiger partial charge is 0.494 e. The summed E-state index contributed by atoms with van der Waals surface area (Å²) in [6, 6.07) is 37.0. The summed E-state index contributed by atoms with van der Waals surface area (Å²) in [4.78, 5) is 30.5. The standard InChI is InChI=1S/C24H25N5.C21H32BNO4.C14H13ClN4.BH4/c1-16(2)22-27-23-26-21(18-9-11-19(12-10-18)24(25)13-6-14-24)20(15-29(23)28-22)17-7-4-3-5-8-17;1-18(2,3)25-17(24)23-21(13-8-14-21)15-9-11-16(12-10-15)22-26-19(4,5)20(6,7)27-22;1-9(2)13-17-14-16-12(15)11(8-19(14)18-13)10-6-4-3-5-7-10;/h3-5,7-12,15-16H,6,13-14,25H2,1-2H3;9-12H,8,13-14H2,1-7H3,(H,23,24);3-9H,1-2H3;1H4/q;;;-1. The van der Waals surface area contributed by atoms with Crippen LogP contribution in [0.25, 0.3) is 45.1 Å². The van der Waals surface area contributed by atoms with Gasteiger partial charge < -0.3 is 25.1 Å². The molecule has 2 aliphatic carbocycles. The van der Waals surface area contributed by atoms with Gasteiger partial charge in [-0.2, -0.15) is 15.0 Å². The molecule has 0 atom stereocenters. The zero-order valence-corrected chi connectivity index (χ0v) is 45.9. The van der Waals surface area contributed by atoms with E-state index in [2.05, 4.69) is 134 Å². The van der Waals surface area contributed by atoms with Crippen molar-refractivity contribution in [2.24, 2.45) is 5.73 Å². The maximum absolute atomic E-state index is 12.3. The molecule has 3 aliphatic rings. The summed E-state index contributed by atoms with van der Waals surface area (Å²) in [5, 5.41) is 12.6. The van der Waals surface area contributed by atoms with E-state index in [1.54, 1.807) is 9.03 Å². The zero-order valence-electron chi connectivity index (χ0n) is 45.2. The van der Waals surface area contributed by atoms with E-state index in [4.69, 9.17) is 36.4 Å². The summed E-state index contributed by atoms with van der Waals surface area (Å²) >= 11 is 6.23. The number of fused-ring (bicyclic) bond motifs is 2. The maximum Gasteiger partial charge on any atom is 0.494 e. The van der Waals surface area contributed by atoms with Crippen molar-refractivity contribution >= 4 is 50.2 Å². The van der Waals surface area contributed by atoms with Gasteiger partial charge in [0.05, 0.1) is 22.4 Å². The Bertz CT molecular complexity index is 3260. The Morgan fingerprint density at radius 2 is 1.13 bits per heavy atom. The summed E-state index contributed by atoms with van der Waals surface area (Å²) in [7, 11) is -0.375. The molecule has 3 N–H and O–H groups in total. The lowest BCUT2D eigenvalue weighted by Crippen LogP contribution is -2.52. The minimum Gasteiger partial charge on any atom is -0.444 e. The average molecular weight is 1040 g/mol. The van der Waals surface area contributed by atoms with Gasteiger partial charge in [0.2, 0.25) is 0 Å². The van der Waals surface area contributed by atoms with Gasteiger partial charge in [-0.05, 0) is 115 Å². The van der Waals surface area contributed by atoms with Crippen molar-refractivity contribution in [1.82, 2.24) is 44.5 Å². The number of hydrogen-bond acceptors (Lipinski definition) is 11. The molecule has 14 nitrogen and oxygen atoms in total. The molecule has 3 fully saturated rings. The van der Waals surface area contributed by atoms with Crippen LogP contribution in [-0.2, 0) is 25.1 Å². The second-order valence-corrected chi connectivity index (χ2v) is 23.1. The number of carbonyl (C=O) groups is 1. The molecular weight excluding hydrogens is 970 g/mol. The second-order valence-electron chi connectivity index (χ2n) is 22.8. The van der Waals surface area contributed by atoms with Crippen LogP contribution in [0.3, 0.4) is 0 Å². The molecular formula is C59H74B2ClN10O4-. The summed E-state index contributed by atoms with van der Waals surface area (Å²) in [5.74, 6) is 3.26. The van der Waals surface area contributed by atoms with Gasteiger partial charge in [-0.1, -0.05) is 157 Å². The van der Waals surface area contributed by atoms with Gasteiger partial charge in [0.15, 0.2) is 11.6 Å². The van der Waals surface area contributed by atoms with Crippen LogP contribution in [0.2, 0.25) is 5.15 Å². The minimum absolute atomic E-state index is 0. The smallest absolute Gasteiger partial charge is 0.444 e. The van der Waals surface area contributed by atoms with E-state index in [9.17, 15) is 4.79 Å². The van der Waals surface area contributed by atoms with Crippen LogP contribution in [0.15, 0.2) is 122 Å². The molecule has 1 amide bonds. The van der Waals surface area contributed by atoms with Gasteiger partial charge in [-0.15, -0.1) is 10.2 Å². The molecule has 1 aliphatic heterocycles. The van der Waals surface area contributed by atoms with Crippen LogP contribution in [0.1, 0.15) is 149 Å². The van der Waals surface area contributed by atoms with E-state index < -0.39 is 5.60 Å². The van der Waals surface area contributed by atoms with Crippen LogP contribution in [-0.4, -0.2) is 77.6 Å². The zero-order chi connectivity index (χ0) is 53.5. The van der Waals surface area contributed by atoms with Crippen LogP contribution in [0, 0.1) is 0 Å². The third-order valence-electron chi connectivity index (χ3n) is 14.8. The summed E-state index contributed by atoms with van der Waals surface area (Å²) in [6.07, 6.45) is 9.80. The van der Waals surface area contributed by atoms with Crippen molar-refractivity contribution in [1.29, 1.82) is 0 Å². The monoisotopic (exact) mass is 1040 g/mol. The number of carbonyl (C=O) groups excluding carboxylic acids is 1. The predicted molar refractivity (Wildman–Crippen MR) is 309 cm³/mol. The number of rotatable bonds is 9. The quantitative estimate of drug-likeness (QED) is 0.104. The van der Waals surface area contributed by atoms with Crippen molar-refractivity contribution in [2.75, 3.05) is 0 Å². The number of aromatic nitrogens is 8. The fourth-order valence-corrected chi connectivity index (χ4v) is 9.50.